The van der Waals surface area contributed by atoms with Gasteiger partial charge in [0, 0.05) is 37.2 Å². The second-order valence-corrected chi connectivity index (χ2v) is 8.31. The lowest BCUT2D eigenvalue weighted by atomic mass is 9.98. The van der Waals surface area contributed by atoms with Crippen molar-refractivity contribution in [2.45, 2.75) is 25.8 Å². The van der Waals surface area contributed by atoms with Crippen LogP contribution in [0, 0.1) is 0 Å². The van der Waals surface area contributed by atoms with Crippen LogP contribution in [-0.2, 0) is 9.53 Å². The van der Waals surface area contributed by atoms with E-state index in [9.17, 15) is 9.59 Å². The quantitative estimate of drug-likeness (QED) is 0.548. The van der Waals surface area contributed by atoms with Gasteiger partial charge < -0.3 is 19.7 Å². The predicted molar refractivity (Wildman–Crippen MR) is 132 cm³/mol. The fourth-order valence-corrected chi connectivity index (χ4v) is 3.96. The summed E-state index contributed by atoms with van der Waals surface area (Å²) in [6, 6.07) is 14.4. The molecule has 9 heteroatoms. The molecule has 0 saturated carbocycles. The van der Waals surface area contributed by atoms with Crippen molar-refractivity contribution in [3.8, 4) is 5.75 Å². The molecule has 1 aliphatic rings. The highest BCUT2D eigenvalue weighted by Gasteiger charge is 2.35. The lowest BCUT2D eigenvalue weighted by Gasteiger charge is -2.27. The number of benzene rings is 2. The molecule has 2 aromatic carbocycles. The molecule has 1 heterocycles. The number of nitrogens with one attached hydrogen (secondary N) is 1. The highest BCUT2D eigenvalue weighted by molar-refractivity contribution is 6.34. The Morgan fingerprint density at radius 3 is 2.56 bits per heavy atom. The molecule has 2 aromatic rings. The molecule has 0 aromatic heterocycles. The van der Waals surface area contributed by atoms with E-state index in [0.29, 0.717) is 31.1 Å². The van der Waals surface area contributed by atoms with Crippen molar-refractivity contribution in [1.29, 1.82) is 0 Å². The minimum atomic E-state index is -0.326. The van der Waals surface area contributed by atoms with Gasteiger partial charge >= 0.3 is 6.03 Å². The van der Waals surface area contributed by atoms with Gasteiger partial charge in [0.25, 0.3) is 5.91 Å². The van der Waals surface area contributed by atoms with Crippen LogP contribution >= 0.6 is 11.6 Å². The van der Waals surface area contributed by atoms with Crippen LogP contribution in [0.15, 0.2) is 53.6 Å². The molecule has 3 amide bonds. The van der Waals surface area contributed by atoms with E-state index in [1.54, 1.807) is 20.3 Å². The lowest BCUT2D eigenvalue weighted by Crippen LogP contribution is -2.47. The smallest absolute Gasteiger partial charge is 0.317 e. The third-order valence-electron chi connectivity index (χ3n) is 5.56. The van der Waals surface area contributed by atoms with E-state index in [0.717, 1.165) is 29.0 Å². The Balaban J connectivity index is 1.88. The van der Waals surface area contributed by atoms with Crippen LogP contribution in [-0.4, -0.2) is 68.0 Å². The van der Waals surface area contributed by atoms with Crippen LogP contribution in [0.5, 0.6) is 5.75 Å². The Morgan fingerprint density at radius 2 is 1.91 bits per heavy atom. The standard InChI is InChI=1S/C25H31ClN4O4/c1-4-13-27-25(32)29(14-15-33-2)17-24(31)30-23(18-9-11-19(34-3)12-10-18)16-22(28-30)20-7-5-6-8-21(20)26/h5-12,23H,4,13-17H2,1-3H3,(H,27,32)/t23-/m0/s1. The molecule has 3 rings (SSSR count). The number of carbonyl (C=O) groups excluding carboxylic acids is 2. The molecular weight excluding hydrogens is 456 g/mol. The first-order valence-electron chi connectivity index (χ1n) is 11.3. The number of ether oxygens (including phenoxy) is 2. The molecule has 1 N–H and O–H groups in total. The number of methoxy groups -OCH3 is 2. The molecular formula is C25H31ClN4O4. The average molecular weight is 487 g/mol. The number of nitrogens with zero attached hydrogens (tertiary/aromatic N) is 3. The van der Waals surface area contributed by atoms with E-state index in [1.165, 1.54) is 9.91 Å². The first-order valence-corrected chi connectivity index (χ1v) is 11.7. The Kier molecular flexibility index (Phi) is 9.30. The van der Waals surface area contributed by atoms with Gasteiger partial charge in [-0.25, -0.2) is 9.80 Å². The van der Waals surface area contributed by atoms with Gasteiger partial charge in [0.2, 0.25) is 0 Å². The minimum Gasteiger partial charge on any atom is -0.497 e. The van der Waals surface area contributed by atoms with Crippen LogP contribution in [0.4, 0.5) is 4.79 Å². The number of amides is 3. The van der Waals surface area contributed by atoms with Crippen molar-refractivity contribution < 1.29 is 19.1 Å². The van der Waals surface area contributed by atoms with Crippen LogP contribution < -0.4 is 10.1 Å². The molecule has 34 heavy (non-hydrogen) atoms. The number of hydrazone groups is 1. The van der Waals surface area contributed by atoms with Crippen molar-refractivity contribution in [1.82, 2.24) is 15.2 Å². The third kappa shape index (κ3) is 6.27. The summed E-state index contributed by atoms with van der Waals surface area (Å²) in [4.78, 5) is 27.6. The molecule has 0 radical (unpaired) electrons. The van der Waals surface area contributed by atoms with E-state index >= 15 is 0 Å². The van der Waals surface area contributed by atoms with Gasteiger partial charge in [-0.2, -0.15) is 5.10 Å². The summed E-state index contributed by atoms with van der Waals surface area (Å²) in [5.41, 5.74) is 2.42. The Bertz CT molecular complexity index is 1010. The van der Waals surface area contributed by atoms with Crippen molar-refractivity contribution in [3.63, 3.8) is 0 Å². The molecule has 0 unspecified atom stereocenters. The van der Waals surface area contributed by atoms with Crippen molar-refractivity contribution >= 4 is 29.3 Å². The number of rotatable bonds is 10. The predicted octanol–water partition coefficient (Wildman–Crippen LogP) is 4.09. The maximum absolute atomic E-state index is 13.5. The zero-order valence-corrected chi connectivity index (χ0v) is 20.5. The third-order valence-corrected chi connectivity index (χ3v) is 5.89. The summed E-state index contributed by atoms with van der Waals surface area (Å²) in [5.74, 6) is 0.441. The van der Waals surface area contributed by atoms with Gasteiger partial charge in [0.1, 0.15) is 12.3 Å². The first kappa shape index (κ1) is 25.5. The number of halogens is 1. The van der Waals surface area contributed by atoms with Gasteiger partial charge in [0.15, 0.2) is 0 Å². The number of urea groups is 1. The highest BCUT2D eigenvalue weighted by atomic mass is 35.5. The fourth-order valence-electron chi connectivity index (χ4n) is 3.72. The summed E-state index contributed by atoms with van der Waals surface area (Å²) in [5, 5.41) is 9.54. The molecule has 182 valence electrons. The summed E-state index contributed by atoms with van der Waals surface area (Å²) >= 11 is 6.42. The second-order valence-electron chi connectivity index (χ2n) is 7.90. The van der Waals surface area contributed by atoms with Crippen molar-refractivity contribution in [2.75, 3.05) is 40.5 Å². The zero-order chi connectivity index (χ0) is 24.5. The average Bonchev–Trinajstić information content (AvgIpc) is 3.30. The summed E-state index contributed by atoms with van der Waals surface area (Å²) in [6.45, 7) is 3.00. The first-order chi connectivity index (χ1) is 16.5. The minimum absolute atomic E-state index is 0.120. The zero-order valence-electron chi connectivity index (χ0n) is 19.8. The monoisotopic (exact) mass is 486 g/mol. The Hall–Kier alpha value is -3.10. The lowest BCUT2D eigenvalue weighted by molar-refractivity contribution is -0.133. The molecule has 0 bridgehead atoms. The molecule has 0 aliphatic carbocycles. The maximum Gasteiger partial charge on any atom is 0.317 e. The van der Waals surface area contributed by atoms with Crippen LogP contribution in [0.1, 0.15) is 36.9 Å². The maximum atomic E-state index is 13.5. The molecule has 0 saturated heterocycles. The van der Waals surface area contributed by atoms with Crippen LogP contribution in [0.25, 0.3) is 0 Å². The molecule has 1 aliphatic heterocycles. The van der Waals surface area contributed by atoms with E-state index in [2.05, 4.69) is 10.4 Å². The van der Waals surface area contributed by atoms with Gasteiger partial charge in [-0.3, -0.25) is 4.79 Å². The van der Waals surface area contributed by atoms with Gasteiger partial charge in [0.05, 0.1) is 25.5 Å². The number of hydrogen-bond donors (Lipinski definition) is 1. The highest BCUT2D eigenvalue weighted by Crippen LogP contribution is 2.35. The molecule has 0 fully saturated rings. The molecule has 0 spiro atoms. The van der Waals surface area contributed by atoms with Gasteiger partial charge in [-0.15, -0.1) is 0 Å². The van der Waals surface area contributed by atoms with Gasteiger partial charge in [-0.1, -0.05) is 48.9 Å². The van der Waals surface area contributed by atoms with Crippen LogP contribution in [0.2, 0.25) is 5.02 Å². The van der Waals surface area contributed by atoms with Gasteiger partial charge in [-0.05, 0) is 30.2 Å². The van der Waals surface area contributed by atoms with E-state index < -0.39 is 0 Å². The Morgan fingerprint density at radius 1 is 1.18 bits per heavy atom. The van der Waals surface area contributed by atoms with E-state index in [-0.39, 0.29) is 24.5 Å². The van der Waals surface area contributed by atoms with E-state index in [4.69, 9.17) is 21.1 Å². The summed E-state index contributed by atoms with van der Waals surface area (Å²) in [7, 11) is 3.17. The number of carbonyl (C=O) groups is 2. The van der Waals surface area contributed by atoms with Crippen molar-refractivity contribution in [3.05, 3.63) is 64.7 Å². The Labute approximate surface area is 205 Å². The summed E-state index contributed by atoms with van der Waals surface area (Å²) in [6.07, 6.45) is 1.30. The largest absolute Gasteiger partial charge is 0.497 e. The second kappa shape index (κ2) is 12.4. The number of hydrogen-bond acceptors (Lipinski definition) is 5. The topological polar surface area (TPSA) is 83.5 Å². The molecule has 1 atom stereocenters. The molecule has 8 nitrogen and oxygen atoms in total. The fraction of sp³-hybridized carbons (Fsp3) is 0.400. The SMILES string of the molecule is CCCNC(=O)N(CCOC)CC(=O)N1N=C(c2ccccc2Cl)C[C@H]1c1ccc(OC)cc1. The summed E-state index contributed by atoms with van der Waals surface area (Å²) < 4.78 is 10.4. The van der Waals surface area contributed by atoms with Crippen molar-refractivity contribution in [2.24, 2.45) is 5.10 Å². The van der Waals surface area contributed by atoms with Crippen LogP contribution in [0.3, 0.4) is 0 Å². The van der Waals surface area contributed by atoms with E-state index in [1.807, 2.05) is 49.4 Å². The normalized spacial score (nSPS) is 15.1.